The predicted octanol–water partition coefficient (Wildman–Crippen LogP) is 3.84. The van der Waals surface area contributed by atoms with Crippen molar-refractivity contribution in [2.45, 2.75) is 60.0 Å². The van der Waals surface area contributed by atoms with Crippen LogP contribution >= 0.6 is 45.3 Å². The van der Waals surface area contributed by atoms with Crippen LogP contribution in [-0.2, 0) is 0 Å². The summed E-state index contributed by atoms with van der Waals surface area (Å²) < 4.78 is 3.88. The minimum Gasteiger partial charge on any atom is -0.213 e. The van der Waals surface area contributed by atoms with Crippen LogP contribution in [0.3, 0.4) is 0 Å². The van der Waals surface area contributed by atoms with Gasteiger partial charge in [0.25, 0.3) is 0 Å². The van der Waals surface area contributed by atoms with Crippen LogP contribution in [0, 0.1) is 27.7 Å². The van der Waals surface area contributed by atoms with E-state index in [1.54, 1.807) is 0 Å². The zero-order chi connectivity index (χ0) is 22.0. The Morgan fingerprint density at radius 2 is 1.19 bits per heavy atom. The zero-order valence-corrected chi connectivity index (χ0v) is 21.1. The van der Waals surface area contributed by atoms with Crippen LogP contribution in [0.1, 0.15) is 52.4 Å². The summed E-state index contributed by atoms with van der Waals surface area (Å²) in [6, 6.07) is 0. The number of aromatic nitrogens is 8. The van der Waals surface area contributed by atoms with Crippen LogP contribution in [-0.4, -0.2) is 40.0 Å². The number of hydrogen-bond donors (Lipinski definition) is 0. The van der Waals surface area contributed by atoms with Gasteiger partial charge in [0.05, 0.1) is 0 Å². The standard InChI is InChI=1S/C17H22N10S4/c1-6-7-8-13(26-16(30-11(4)24-26)18-14-22-20-9(2)28-14)27-17(31-12(5)25-27)19-15-23-21-10(3)29-15/h13H,6-8H2,1-5H3/b18-16-,19-17-. The lowest BCUT2D eigenvalue weighted by atomic mass is 10.2. The average molecular weight is 495 g/mol. The monoisotopic (exact) mass is 494 g/mol. The van der Waals surface area contributed by atoms with Crippen LogP contribution in [0.4, 0.5) is 10.3 Å². The summed E-state index contributed by atoms with van der Waals surface area (Å²) in [4.78, 5) is 11.0. The molecule has 31 heavy (non-hydrogen) atoms. The summed E-state index contributed by atoms with van der Waals surface area (Å²) >= 11 is 5.98. The molecule has 10 nitrogen and oxygen atoms in total. The van der Waals surface area contributed by atoms with Gasteiger partial charge in [-0.05, 0) is 40.5 Å². The van der Waals surface area contributed by atoms with Gasteiger partial charge >= 0.3 is 0 Å². The molecule has 0 unspecified atom stereocenters. The van der Waals surface area contributed by atoms with E-state index in [4.69, 9.17) is 20.2 Å². The van der Waals surface area contributed by atoms with Gasteiger partial charge in [0.15, 0.2) is 0 Å². The molecule has 0 bridgehead atoms. The van der Waals surface area contributed by atoms with Crippen molar-refractivity contribution in [2.24, 2.45) is 9.98 Å². The summed E-state index contributed by atoms with van der Waals surface area (Å²) in [5.41, 5.74) is 0. The number of unbranched alkanes of at least 4 members (excludes halogenated alkanes) is 1. The summed E-state index contributed by atoms with van der Waals surface area (Å²) in [5, 5.41) is 30.9. The molecule has 0 radical (unpaired) electrons. The first kappa shape index (κ1) is 22.0. The second-order valence-electron chi connectivity index (χ2n) is 6.75. The van der Waals surface area contributed by atoms with E-state index in [0.717, 1.165) is 48.9 Å². The van der Waals surface area contributed by atoms with Crippen LogP contribution < -0.4 is 9.60 Å². The predicted molar refractivity (Wildman–Crippen MR) is 123 cm³/mol. The Kier molecular flexibility index (Phi) is 6.79. The molecule has 0 aliphatic rings. The Labute approximate surface area is 194 Å². The van der Waals surface area contributed by atoms with E-state index in [-0.39, 0.29) is 6.17 Å². The molecule has 0 atom stereocenters. The van der Waals surface area contributed by atoms with Gasteiger partial charge in [-0.1, -0.05) is 58.7 Å². The first-order valence-corrected chi connectivity index (χ1v) is 13.0. The average Bonchev–Trinajstić information content (AvgIpc) is 3.48. The molecule has 0 saturated carbocycles. The number of nitrogens with zero attached hydrogens (tertiary/aromatic N) is 10. The fourth-order valence-electron chi connectivity index (χ4n) is 2.89. The summed E-state index contributed by atoms with van der Waals surface area (Å²) in [6.07, 6.45) is 2.78. The highest BCUT2D eigenvalue weighted by Crippen LogP contribution is 2.21. The van der Waals surface area contributed by atoms with Gasteiger partial charge in [0.2, 0.25) is 19.9 Å². The van der Waals surface area contributed by atoms with Crippen molar-refractivity contribution < 1.29 is 0 Å². The van der Waals surface area contributed by atoms with Crippen LogP contribution in [0.2, 0.25) is 0 Å². The molecule has 4 aromatic rings. The van der Waals surface area contributed by atoms with E-state index in [1.165, 1.54) is 45.3 Å². The molecule has 0 spiro atoms. The minimum atomic E-state index is -0.157. The first-order chi connectivity index (χ1) is 14.9. The molecule has 0 fully saturated rings. The Morgan fingerprint density at radius 3 is 1.58 bits per heavy atom. The van der Waals surface area contributed by atoms with E-state index >= 15 is 0 Å². The van der Waals surface area contributed by atoms with Gasteiger partial charge in [0.1, 0.15) is 26.2 Å². The lowest BCUT2D eigenvalue weighted by molar-refractivity contribution is 0.312. The number of hydrogen-bond acceptors (Lipinski definition) is 12. The number of aryl methyl sites for hydroxylation is 4. The molecule has 0 amide bonds. The van der Waals surface area contributed by atoms with E-state index in [9.17, 15) is 0 Å². The largest absolute Gasteiger partial charge is 0.234 e. The fraction of sp³-hybridized carbons (Fsp3) is 0.529. The Balaban J connectivity index is 1.86. The molecular formula is C17H22N10S4. The third-order valence-corrected chi connectivity index (χ3v) is 7.30. The smallest absolute Gasteiger partial charge is 0.213 e. The summed E-state index contributed by atoms with van der Waals surface area (Å²) in [6.45, 7) is 9.98. The lowest BCUT2D eigenvalue weighted by Gasteiger charge is -2.17. The molecule has 164 valence electrons. The molecule has 4 aromatic heterocycles. The van der Waals surface area contributed by atoms with Crippen molar-refractivity contribution in [1.29, 1.82) is 0 Å². The van der Waals surface area contributed by atoms with E-state index < -0.39 is 0 Å². The van der Waals surface area contributed by atoms with E-state index in [2.05, 4.69) is 27.3 Å². The highest BCUT2D eigenvalue weighted by atomic mass is 32.1. The van der Waals surface area contributed by atoms with Crippen molar-refractivity contribution in [3.63, 3.8) is 0 Å². The molecule has 14 heteroatoms. The maximum absolute atomic E-state index is 4.78. The first-order valence-electron chi connectivity index (χ1n) is 9.75. The summed E-state index contributed by atoms with van der Waals surface area (Å²) in [7, 11) is 0. The van der Waals surface area contributed by atoms with Gasteiger partial charge in [0, 0.05) is 0 Å². The minimum absolute atomic E-state index is 0.157. The Hall–Kier alpha value is -2.16. The second-order valence-corrected chi connectivity index (χ2v) is 11.4. The highest BCUT2D eigenvalue weighted by molar-refractivity contribution is 7.15. The second kappa shape index (κ2) is 9.54. The van der Waals surface area contributed by atoms with Gasteiger partial charge < -0.3 is 0 Å². The molecule has 0 saturated heterocycles. The number of rotatable bonds is 7. The van der Waals surface area contributed by atoms with Crippen molar-refractivity contribution in [3.05, 3.63) is 29.6 Å². The van der Waals surface area contributed by atoms with Crippen LogP contribution in [0.5, 0.6) is 0 Å². The van der Waals surface area contributed by atoms with E-state index in [1.807, 2.05) is 37.1 Å². The maximum atomic E-state index is 4.78. The van der Waals surface area contributed by atoms with Gasteiger partial charge in [-0.3, -0.25) is 0 Å². The normalized spacial score (nSPS) is 13.1. The van der Waals surface area contributed by atoms with Crippen molar-refractivity contribution in [2.75, 3.05) is 0 Å². The lowest BCUT2D eigenvalue weighted by Crippen LogP contribution is -2.33. The Morgan fingerprint density at radius 1 is 0.710 bits per heavy atom. The molecule has 0 aliphatic carbocycles. The SMILES string of the molecule is CCCCC(n1nc(C)s/c1=N\c1nnc(C)s1)n1nc(C)s/c1=N\c1nnc(C)s1. The zero-order valence-electron chi connectivity index (χ0n) is 17.8. The molecule has 4 heterocycles. The van der Waals surface area contributed by atoms with Gasteiger partial charge in [-0.2, -0.15) is 20.2 Å². The third-order valence-electron chi connectivity index (χ3n) is 4.16. The fourth-order valence-corrected chi connectivity index (χ4v) is 5.68. The van der Waals surface area contributed by atoms with Crippen molar-refractivity contribution in [3.8, 4) is 0 Å². The quantitative estimate of drug-likeness (QED) is 0.386. The van der Waals surface area contributed by atoms with Crippen LogP contribution in [0.25, 0.3) is 0 Å². The van der Waals surface area contributed by atoms with Crippen molar-refractivity contribution in [1.82, 2.24) is 40.0 Å². The van der Waals surface area contributed by atoms with Crippen LogP contribution in [0.15, 0.2) is 9.98 Å². The molecule has 4 rings (SSSR count). The van der Waals surface area contributed by atoms with Gasteiger partial charge in [-0.25, -0.2) is 9.36 Å². The van der Waals surface area contributed by atoms with Gasteiger partial charge in [-0.15, -0.1) is 20.4 Å². The molecular weight excluding hydrogens is 473 g/mol. The van der Waals surface area contributed by atoms with Crippen molar-refractivity contribution >= 4 is 55.6 Å². The molecule has 0 aliphatic heterocycles. The molecule has 0 aromatic carbocycles. The molecule has 0 N–H and O–H groups in total. The van der Waals surface area contributed by atoms with E-state index in [0.29, 0.717) is 10.3 Å². The highest BCUT2D eigenvalue weighted by Gasteiger charge is 2.21. The maximum Gasteiger partial charge on any atom is 0.234 e. The topological polar surface area (TPSA) is 112 Å². The Bertz CT molecular complexity index is 1200. The summed E-state index contributed by atoms with van der Waals surface area (Å²) in [5.74, 6) is 0. The third kappa shape index (κ3) is 5.19.